The number of rotatable bonds is 12. The fourth-order valence-corrected chi connectivity index (χ4v) is 2.53. The van der Waals surface area contributed by atoms with E-state index in [0.29, 0.717) is 36.8 Å². The van der Waals surface area contributed by atoms with Gasteiger partial charge in [0.05, 0.1) is 27.9 Å². The number of nitrogens with zero attached hydrogens (tertiary/aromatic N) is 1. The first kappa shape index (κ1) is 22.6. The van der Waals surface area contributed by atoms with Crippen molar-refractivity contribution in [1.29, 1.82) is 0 Å². The molecule has 0 aliphatic rings. The van der Waals surface area contributed by atoms with Gasteiger partial charge in [-0.2, -0.15) is 0 Å². The van der Waals surface area contributed by atoms with Crippen LogP contribution in [0.15, 0.2) is 12.1 Å². The number of methoxy groups -OCH3 is 4. The highest BCUT2D eigenvalue weighted by molar-refractivity contribution is 5.84. The molecule has 152 valence electrons. The summed E-state index contributed by atoms with van der Waals surface area (Å²) in [5.41, 5.74) is 0.885. The second-order valence-electron chi connectivity index (χ2n) is 5.98. The standard InChI is InChI=1S/C19H30N2O6/c1-21(13-17(22)20-9-6-10-24-2)18(23)8-7-14-11-15(25-3)19(27-5)16(12-14)26-4/h11-12H,6-10,13H2,1-5H3,(H,20,22). The summed E-state index contributed by atoms with van der Waals surface area (Å²) in [4.78, 5) is 25.6. The number of likely N-dealkylation sites (N-methyl/N-ethyl adjacent to an activating group) is 1. The summed E-state index contributed by atoms with van der Waals surface area (Å²) in [6.07, 6.45) is 1.50. The van der Waals surface area contributed by atoms with Crippen molar-refractivity contribution in [2.24, 2.45) is 0 Å². The zero-order valence-corrected chi connectivity index (χ0v) is 16.8. The molecule has 27 heavy (non-hydrogen) atoms. The molecule has 0 aromatic heterocycles. The van der Waals surface area contributed by atoms with Gasteiger partial charge in [-0.05, 0) is 30.5 Å². The number of ether oxygens (including phenoxy) is 4. The van der Waals surface area contributed by atoms with Crippen LogP contribution in [0, 0.1) is 0 Å². The minimum atomic E-state index is -0.185. The van der Waals surface area contributed by atoms with Gasteiger partial charge in [-0.25, -0.2) is 0 Å². The molecule has 0 radical (unpaired) electrons. The van der Waals surface area contributed by atoms with Crippen molar-refractivity contribution in [3.63, 3.8) is 0 Å². The van der Waals surface area contributed by atoms with E-state index in [-0.39, 0.29) is 24.8 Å². The number of carbonyl (C=O) groups is 2. The number of nitrogens with one attached hydrogen (secondary N) is 1. The van der Waals surface area contributed by atoms with Crippen molar-refractivity contribution in [1.82, 2.24) is 10.2 Å². The molecule has 1 rings (SSSR count). The Labute approximate surface area is 160 Å². The van der Waals surface area contributed by atoms with E-state index in [4.69, 9.17) is 18.9 Å². The van der Waals surface area contributed by atoms with Crippen LogP contribution in [-0.2, 0) is 20.7 Å². The van der Waals surface area contributed by atoms with Crippen LogP contribution in [0.4, 0.5) is 0 Å². The van der Waals surface area contributed by atoms with E-state index in [9.17, 15) is 9.59 Å². The summed E-state index contributed by atoms with van der Waals surface area (Å²) in [6.45, 7) is 1.14. The lowest BCUT2D eigenvalue weighted by molar-refractivity contribution is -0.134. The molecular weight excluding hydrogens is 352 g/mol. The molecule has 2 amide bonds. The van der Waals surface area contributed by atoms with E-state index >= 15 is 0 Å². The van der Waals surface area contributed by atoms with Crippen LogP contribution in [0.2, 0.25) is 0 Å². The molecule has 0 aliphatic heterocycles. The zero-order chi connectivity index (χ0) is 20.2. The number of hydrogen-bond donors (Lipinski definition) is 1. The van der Waals surface area contributed by atoms with E-state index in [1.54, 1.807) is 35.5 Å². The van der Waals surface area contributed by atoms with E-state index in [1.165, 1.54) is 4.90 Å². The molecule has 0 heterocycles. The Balaban J connectivity index is 2.57. The summed E-state index contributed by atoms with van der Waals surface area (Å²) in [7, 11) is 7.86. The third-order valence-electron chi connectivity index (χ3n) is 4.01. The molecule has 0 spiro atoms. The third kappa shape index (κ3) is 7.34. The summed E-state index contributed by atoms with van der Waals surface area (Å²) < 4.78 is 20.9. The van der Waals surface area contributed by atoms with E-state index in [0.717, 1.165) is 12.0 Å². The average molecular weight is 382 g/mol. The first-order valence-electron chi connectivity index (χ1n) is 8.75. The molecule has 1 N–H and O–H groups in total. The van der Waals surface area contributed by atoms with Gasteiger partial charge < -0.3 is 29.2 Å². The van der Waals surface area contributed by atoms with Crippen LogP contribution in [0.1, 0.15) is 18.4 Å². The molecule has 0 atom stereocenters. The minimum absolute atomic E-state index is 0.0288. The maximum atomic E-state index is 12.3. The monoisotopic (exact) mass is 382 g/mol. The van der Waals surface area contributed by atoms with E-state index in [1.807, 2.05) is 12.1 Å². The van der Waals surface area contributed by atoms with Crippen LogP contribution < -0.4 is 19.5 Å². The number of benzene rings is 1. The highest BCUT2D eigenvalue weighted by Crippen LogP contribution is 2.38. The molecular formula is C19H30N2O6. The highest BCUT2D eigenvalue weighted by Gasteiger charge is 2.16. The van der Waals surface area contributed by atoms with E-state index < -0.39 is 0 Å². The zero-order valence-electron chi connectivity index (χ0n) is 16.8. The molecule has 1 aromatic rings. The van der Waals surface area contributed by atoms with Gasteiger partial charge in [0.15, 0.2) is 11.5 Å². The van der Waals surface area contributed by atoms with Crippen molar-refractivity contribution in [3.8, 4) is 17.2 Å². The Hall–Kier alpha value is -2.48. The Morgan fingerprint density at radius 2 is 1.67 bits per heavy atom. The SMILES string of the molecule is COCCCNC(=O)CN(C)C(=O)CCc1cc(OC)c(OC)c(OC)c1. The molecule has 1 aromatic carbocycles. The van der Waals surface area contributed by atoms with Gasteiger partial charge >= 0.3 is 0 Å². The first-order valence-corrected chi connectivity index (χ1v) is 8.75. The minimum Gasteiger partial charge on any atom is -0.493 e. The third-order valence-corrected chi connectivity index (χ3v) is 4.01. The Morgan fingerprint density at radius 1 is 1.04 bits per heavy atom. The van der Waals surface area contributed by atoms with Gasteiger partial charge in [0.2, 0.25) is 17.6 Å². The van der Waals surface area contributed by atoms with Crippen molar-refractivity contribution in [2.45, 2.75) is 19.3 Å². The molecule has 0 bridgehead atoms. The fourth-order valence-electron chi connectivity index (χ4n) is 2.53. The maximum absolute atomic E-state index is 12.3. The Kier molecular flexibility index (Phi) is 10.0. The topological polar surface area (TPSA) is 86.3 Å². The smallest absolute Gasteiger partial charge is 0.239 e. The molecule has 0 saturated heterocycles. The molecule has 0 aliphatic carbocycles. The second-order valence-corrected chi connectivity index (χ2v) is 5.98. The summed E-state index contributed by atoms with van der Waals surface area (Å²) in [5, 5.41) is 2.76. The van der Waals surface area contributed by atoms with Gasteiger partial charge in [0.1, 0.15) is 0 Å². The average Bonchev–Trinajstić information content (AvgIpc) is 2.68. The number of amides is 2. The largest absolute Gasteiger partial charge is 0.493 e. The van der Waals surface area contributed by atoms with Crippen molar-refractivity contribution in [3.05, 3.63) is 17.7 Å². The van der Waals surface area contributed by atoms with Crippen LogP contribution in [0.5, 0.6) is 17.2 Å². The molecule has 0 fully saturated rings. The lowest BCUT2D eigenvalue weighted by Crippen LogP contribution is -2.38. The molecule has 8 nitrogen and oxygen atoms in total. The van der Waals surface area contributed by atoms with Crippen molar-refractivity contribution in [2.75, 3.05) is 55.2 Å². The number of hydrogen-bond acceptors (Lipinski definition) is 6. The highest BCUT2D eigenvalue weighted by atomic mass is 16.5. The van der Waals surface area contributed by atoms with Gasteiger partial charge in [0.25, 0.3) is 0 Å². The lowest BCUT2D eigenvalue weighted by Gasteiger charge is -2.17. The van der Waals surface area contributed by atoms with Gasteiger partial charge in [-0.15, -0.1) is 0 Å². The molecule has 0 unspecified atom stereocenters. The van der Waals surface area contributed by atoms with Gasteiger partial charge in [-0.1, -0.05) is 0 Å². The van der Waals surface area contributed by atoms with E-state index in [2.05, 4.69) is 5.32 Å². The molecule has 0 saturated carbocycles. The predicted molar refractivity (Wildman–Crippen MR) is 102 cm³/mol. The van der Waals surface area contributed by atoms with Gasteiger partial charge in [0, 0.05) is 33.7 Å². The van der Waals surface area contributed by atoms with Crippen LogP contribution in [0.3, 0.4) is 0 Å². The Bertz CT molecular complexity index is 595. The fraction of sp³-hybridized carbons (Fsp3) is 0.579. The first-order chi connectivity index (χ1) is 13.0. The number of aryl methyl sites for hydroxylation is 1. The summed E-state index contributed by atoms with van der Waals surface area (Å²) >= 11 is 0. The van der Waals surface area contributed by atoms with Crippen molar-refractivity contribution < 1.29 is 28.5 Å². The van der Waals surface area contributed by atoms with Crippen LogP contribution in [0.25, 0.3) is 0 Å². The summed E-state index contributed by atoms with van der Waals surface area (Å²) in [5.74, 6) is 1.30. The van der Waals surface area contributed by atoms with Gasteiger partial charge in [-0.3, -0.25) is 9.59 Å². The quantitative estimate of drug-likeness (QED) is 0.548. The predicted octanol–water partition coefficient (Wildman–Crippen LogP) is 1.26. The van der Waals surface area contributed by atoms with Crippen LogP contribution >= 0.6 is 0 Å². The Morgan fingerprint density at radius 3 is 2.19 bits per heavy atom. The maximum Gasteiger partial charge on any atom is 0.239 e. The van der Waals surface area contributed by atoms with Crippen molar-refractivity contribution >= 4 is 11.8 Å². The lowest BCUT2D eigenvalue weighted by atomic mass is 10.1. The normalized spacial score (nSPS) is 10.3. The summed E-state index contributed by atoms with van der Waals surface area (Å²) in [6, 6.07) is 3.63. The second kappa shape index (κ2) is 12.0. The van der Waals surface area contributed by atoms with Crippen LogP contribution in [-0.4, -0.2) is 71.9 Å². The number of carbonyl (C=O) groups excluding carboxylic acids is 2. The molecule has 8 heteroatoms.